The molecular formula is C23H26N2O2. The zero-order valence-corrected chi connectivity index (χ0v) is 16.2. The standard InChI is InChI=1S/C23H26N2O2/c1-18-6-4-5-7-21(18)17-25(15-19-10-12-24-13-11-19)16-20-8-9-22(26-2)23(14-20)27-3/h4-14H,15-17H2,1-3H3. The number of hydrogen-bond donors (Lipinski definition) is 0. The molecule has 4 nitrogen and oxygen atoms in total. The molecule has 3 rings (SSSR count). The predicted molar refractivity (Wildman–Crippen MR) is 108 cm³/mol. The first-order chi connectivity index (χ1) is 13.2. The number of nitrogens with zero attached hydrogens (tertiary/aromatic N) is 2. The van der Waals surface area contributed by atoms with Gasteiger partial charge in [-0.05, 0) is 53.4 Å². The number of methoxy groups -OCH3 is 2. The molecule has 0 unspecified atom stereocenters. The monoisotopic (exact) mass is 362 g/mol. The van der Waals surface area contributed by atoms with E-state index in [0.717, 1.165) is 31.1 Å². The quantitative estimate of drug-likeness (QED) is 0.586. The van der Waals surface area contributed by atoms with E-state index in [-0.39, 0.29) is 0 Å². The summed E-state index contributed by atoms with van der Waals surface area (Å²) in [5, 5.41) is 0. The highest BCUT2D eigenvalue weighted by Gasteiger charge is 2.12. The molecule has 4 heteroatoms. The molecular weight excluding hydrogens is 336 g/mol. The number of benzene rings is 2. The first-order valence-corrected chi connectivity index (χ1v) is 9.06. The van der Waals surface area contributed by atoms with Gasteiger partial charge in [0.05, 0.1) is 14.2 Å². The second kappa shape index (κ2) is 9.19. The molecule has 0 bridgehead atoms. The second-order valence-corrected chi connectivity index (χ2v) is 6.62. The van der Waals surface area contributed by atoms with E-state index in [9.17, 15) is 0 Å². The smallest absolute Gasteiger partial charge is 0.161 e. The Labute approximate surface area is 161 Å². The molecule has 0 spiro atoms. The van der Waals surface area contributed by atoms with Crippen LogP contribution in [0.3, 0.4) is 0 Å². The van der Waals surface area contributed by atoms with E-state index in [4.69, 9.17) is 9.47 Å². The SMILES string of the molecule is COc1ccc(CN(Cc2ccncc2)Cc2ccccc2C)cc1OC. The Kier molecular flexibility index (Phi) is 6.44. The number of aryl methyl sites for hydroxylation is 1. The molecule has 0 fully saturated rings. The topological polar surface area (TPSA) is 34.6 Å². The summed E-state index contributed by atoms with van der Waals surface area (Å²) >= 11 is 0. The lowest BCUT2D eigenvalue weighted by molar-refractivity contribution is 0.246. The highest BCUT2D eigenvalue weighted by Crippen LogP contribution is 2.28. The maximum Gasteiger partial charge on any atom is 0.161 e. The first-order valence-electron chi connectivity index (χ1n) is 9.06. The van der Waals surface area contributed by atoms with Crippen LogP contribution >= 0.6 is 0 Å². The van der Waals surface area contributed by atoms with Crippen LogP contribution in [0.15, 0.2) is 67.0 Å². The van der Waals surface area contributed by atoms with E-state index >= 15 is 0 Å². The van der Waals surface area contributed by atoms with E-state index in [2.05, 4.69) is 65.3 Å². The minimum absolute atomic E-state index is 0.751. The molecule has 0 aliphatic carbocycles. The van der Waals surface area contributed by atoms with Crippen molar-refractivity contribution in [2.75, 3.05) is 14.2 Å². The van der Waals surface area contributed by atoms with Crippen LogP contribution in [0.4, 0.5) is 0 Å². The van der Waals surface area contributed by atoms with E-state index in [1.54, 1.807) is 14.2 Å². The number of ether oxygens (including phenoxy) is 2. The number of aromatic nitrogens is 1. The highest BCUT2D eigenvalue weighted by molar-refractivity contribution is 5.43. The number of pyridine rings is 1. The van der Waals surface area contributed by atoms with Crippen LogP contribution in [-0.4, -0.2) is 24.1 Å². The lowest BCUT2D eigenvalue weighted by Gasteiger charge is -2.24. The minimum atomic E-state index is 0.751. The summed E-state index contributed by atoms with van der Waals surface area (Å²) in [7, 11) is 3.33. The Morgan fingerprint density at radius 1 is 0.778 bits per heavy atom. The van der Waals surface area contributed by atoms with Crippen molar-refractivity contribution in [2.24, 2.45) is 0 Å². The van der Waals surface area contributed by atoms with Crippen molar-refractivity contribution >= 4 is 0 Å². The van der Waals surface area contributed by atoms with Crippen LogP contribution in [0, 0.1) is 6.92 Å². The molecule has 0 radical (unpaired) electrons. The van der Waals surface area contributed by atoms with Gasteiger partial charge in [0, 0.05) is 32.0 Å². The largest absolute Gasteiger partial charge is 0.493 e. The van der Waals surface area contributed by atoms with Gasteiger partial charge in [0.1, 0.15) is 0 Å². The van der Waals surface area contributed by atoms with Crippen molar-refractivity contribution in [1.82, 2.24) is 9.88 Å². The summed E-state index contributed by atoms with van der Waals surface area (Å²) in [4.78, 5) is 6.56. The lowest BCUT2D eigenvalue weighted by atomic mass is 10.1. The van der Waals surface area contributed by atoms with Gasteiger partial charge in [0.15, 0.2) is 11.5 Å². The maximum atomic E-state index is 5.46. The van der Waals surface area contributed by atoms with Crippen LogP contribution in [0.1, 0.15) is 22.3 Å². The molecule has 140 valence electrons. The van der Waals surface area contributed by atoms with Crippen LogP contribution in [0.5, 0.6) is 11.5 Å². The molecule has 0 saturated heterocycles. The van der Waals surface area contributed by atoms with Crippen molar-refractivity contribution < 1.29 is 9.47 Å². The van der Waals surface area contributed by atoms with Crippen LogP contribution in [0.2, 0.25) is 0 Å². The van der Waals surface area contributed by atoms with Crippen molar-refractivity contribution in [3.8, 4) is 11.5 Å². The molecule has 0 aliphatic heterocycles. The van der Waals surface area contributed by atoms with Gasteiger partial charge in [-0.2, -0.15) is 0 Å². The van der Waals surface area contributed by atoms with Crippen LogP contribution in [-0.2, 0) is 19.6 Å². The van der Waals surface area contributed by atoms with Gasteiger partial charge in [-0.1, -0.05) is 30.3 Å². The molecule has 0 atom stereocenters. The summed E-state index contributed by atoms with van der Waals surface area (Å²) in [5.74, 6) is 1.51. The van der Waals surface area contributed by atoms with E-state index in [1.165, 1.54) is 22.3 Å². The summed E-state index contributed by atoms with van der Waals surface area (Å²) in [6.45, 7) is 4.71. The lowest BCUT2D eigenvalue weighted by Crippen LogP contribution is -2.23. The second-order valence-electron chi connectivity index (χ2n) is 6.62. The maximum absolute atomic E-state index is 5.46. The molecule has 1 aromatic heterocycles. The number of rotatable bonds is 8. The molecule has 27 heavy (non-hydrogen) atoms. The molecule has 1 heterocycles. The molecule has 0 saturated carbocycles. The predicted octanol–water partition coefficient (Wildman–Crippen LogP) is 4.61. The zero-order chi connectivity index (χ0) is 19.1. The van der Waals surface area contributed by atoms with Gasteiger partial charge in [0.2, 0.25) is 0 Å². The van der Waals surface area contributed by atoms with Gasteiger partial charge >= 0.3 is 0 Å². The third-order valence-electron chi connectivity index (χ3n) is 4.66. The Morgan fingerprint density at radius 2 is 1.48 bits per heavy atom. The van der Waals surface area contributed by atoms with Gasteiger partial charge in [-0.25, -0.2) is 0 Å². The average Bonchev–Trinajstić information content (AvgIpc) is 2.70. The summed E-state index contributed by atoms with van der Waals surface area (Å²) in [6.07, 6.45) is 3.69. The van der Waals surface area contributed by atoms with Crippen molar-refractivity contribution in [1.29, 1.82) is 0 Å². The summed E-state index contributed by atoms with van der Waals surface area (Å²) < 4.78 is 10.8. The molecule has 3 aromatic rings. The van der Waals surface area contributed by atoms with E-state index in [1.807, 2.05) is 18.5 Å². The zero-order valence-electron chi connectivity index (χ0n) is 16.2. The van der Waals surface area contributed by atoms with E-state index < -0.39 is 0 Å². The highest BCUT2D eigenvalue weighted by atomic mass is 16.5. The molecule has 2 aromatic carbocycles. The normalized spacial score (nSPS) is 10.8. The third-order valence-corrected chi connectivity index (χ3v) is 4.66. The van der Waals surface area contributed by atoms with Crippen LogP contribution < -0.4 is 9.47 Å². The van der Waals surface area contributed by atoms with Crippen LogP contribution in [0.25, 0.3) is 0 Å². The van der Waals surface area contributed by atoms with Crippen molar-refractivity contribution in [3.05, 3.63) is 89.2 Å². The minimum Gasteiger partial charge on any atom is -0.493 e. The van der Waals surface area contributed by atoms with E-state index in [0.29, 0.717) is 0 Å². The molecule has 0 N–H and O–H groups in total. The van der Waals surface area contributed by atoms with Crippen molar-refractivity contribution in [3.63, 3.8) is 0 Å². The fourth-order valence-electron chi connectivity index (χ4n) is 3.18. The Morgan fingerprint density at radius 3 is 2.19 bits per heavy atom. The molecule has 0 amide bonds. The van der Waals surface area contributed by atoms with Gasteiger partial charge in [0.25, 0.3) is 0 Å². The fraction of sp³-hybridized carbons (Fsp3) is 0.261. The molecule has 0 aliphatic rings. The Hall–Kier alpha value is -2.85. The average molecular weight is 362 g/mol. The summed E-state index contributed by atoms with van der Waals surface area (Å²) in [5.41, 5.74) is 5.09. The first kappa shape index (κ1) is 18.9. The van der Waals surface area contributed by atoms with Gasteiger partial charge in [-0.15, -0.1) is 0 Å². The van der Waals surface area contributed by atoms with Crippen molar-refractivity contribution in [2.45, 2.75) is 26.6 Å². The Bertz CT molecular complexity index is 865. The third kappa shape index (κ3) is 5.08. The fourth-order valence-corrected chi connectivity index (χ4v) is 3.18. The number of hydrogen-bond acceptors (Lipinski definition) is 4. The Balaban J connectivity index is 1.84. The van der Waals surface area contributed by atoms with Gasteiger partial charge < -0.3 is 9.47 Å². The summed E-state index contributed by atoms with van der Waals surface area (Å²) in [6, 6.07) is 18.8. The van der Waals surface area contributed by atoms with Gasteiger partial charge in [-0.3, -0.25) is 9.88 Å².